The summed E-state index contributed by atoms with van der Waals surface area (Å²) < 4.78 is 19.4. The monoisotopic (exact) mass is 836 g/mol. The van der Waals surface area contributed by atoms with Gasteiger partial charge in [0.05, 0.1) is 40.3 Å². The van der Waals surface area contributed by atoms with Gasteiger partial charge in [-0.3, -0.25) is 19.2 Å². The van der Waals surface area contributed by atoms with Crippen molar-refractivity contribution in [1.29, 1.82) is 0 Å². The highest BCUT2D eigenvalue weighted by atomic mass is 16.5. The van der Waals surface area contributed by atoms with Gasteiger partial charge in [-0.15, -0.1) is 0 Å². The van der Waals surface area contributed by atoms with Crippen molar-refractivity contribution in [2.45, 2.75) is 51.4 Å². The SMILES string of the molecule is COC(=O)CC[C@@H](Cc1ccc(O)c(O)c1)[C@H](Cc1ccc(O)c(O)c1)C(=O)OC.COC(=O)CC[C@H](Cc1ccc(O)c(O)c1)[C@@H](Cc1ccc(O)c(O)c1)C(=O)OC. The molecule has 324 valence electrons. The molecule has 0 aliphatic heterocycles. The average molecular weight is 837 g/mol. The Bertz CT molecular complexity index is 1930. The van der Waals surface area contributed by atoms with Gasteiger partial charge in [0, 0.05) is 12.8 Å². The third-order valence-electron chi connectivity index (χ3n) is 10.1. The number of carbonyl (C=O) groups excluding carboxylic acids is 4. The van der Waals surface area contributed by atoms with Crippen LogP contribution in [-0.4, -0.2) is 93.2 Å². The summed E-state index contributed by atoms with van der Waals surface area (Å²) in [7, 11) is 5.11. The maximum absolute atomic E-state index is 12.6. The van der Waals surface area contributed by atoms with Gasteiger partial charge in [-0.2, -0.15) is 0 Å². The molecule has 0 aromatic heterocycles. The number of esters is 4. The Hall–Kier alpha value is -6.84. The topological polar surface area (TPSA) is 267 Å². The molecule has 16 nitrogen and oxygen atoms in total. The largest absolute Gasteiger partial charge is 0.504 e. The van der Waals surface area contributed by atoms with E-state index in [4.69, 9.17) is 18.9 Å². The molecule has 0 radical (unpaired) electrons. The minimum Gasteiger partial charge on any atom is -0.504 e. The number of hydrogen-bond acceptors (Lipinski definition) is 16. The summed E-state index contributed by atoms with van der Waals surface area (Å²) in [6.45, 7) is 0. The Balaban J connectivity index is 0.000000320. The van der Waals surface area contributed by atoms with Gasteiger partial charge < -0.3 is 59.8 Å². The maximum Gasteiger partial charge on any atom is 0.309 e. The molecule has 4 aromatic rings. The third-order valence-corrected chi connectivity index (χ3v) is 10.1. The molecule has 16 heteroatoms. The number of methoxy groups -OCH3 is 4. The summed E-state index contributed by atoms with van der Waals surface area (Å²) in [5.41, 5.74) is 2.56. The van der Waals surface area contributed by atoms with Gasteiger partial charge in [-0.25, -0.2) is 0 Å². The average Bonchev–Trinajstić information content (AvgIpc) is 3.23. The van der Waals surface area contributed by atoms with E-state index in [1.54, 1.807) is 24.3 Å². The zero-order valence-electron chi connectivity index (χ0n) is 33.7. The van der Waals surface area contributed by atoms with Crippen molar-refractivity contribution in [2.24, 2.45) is 23.7 Å². The second-order valence-electron chi connectivity index (χ2n) is 14.1. The Labute approximate surface area is 346 Å². The highest BCUT2D eigenvalue weighted by Crippen LogP contribution is 2.35. The van der Waals surface area contributed by atoms with E-state index in [0.717, 1.165) is 0 Å². The molecular weight excluding hydrogens is 784 g/mol. The van der Waals surface area contributed by atoms with Gasteiger partial charge in [0.25, 0.3) is 0 Å². The smallest absolute Gasteiger partial charge is 0.309 e. The van der Waals surface area contributed by atoms with E-state index in [1.165, 1.54) is 77.0 Å². The number of rotatable bonds is 18. The molecular formula is C44H52O16. The highest BCUT2D eigenvalue weighted by Gasteiger charge is 2.32. The van der Waals surface area contributed by atoms with Crippen LogP contribution in [0.3, 0.4) is 0 Å². The maximum atomic E-state index is 12.6. The van der Waals surface area contributed by atoms with Gasteiger partial charge in [0.15, 0.2) is 46.0 Å². The van der Waals surface area contributed by atoms with E-state index in [1.807, 2.05) is 0 Å². The second kappa shape index (κ2) is 22.9. The molecule has 0 spiro atoms. The number of ether oxygens (including phenoxy) is 4. The fraction of sp³-hybridized carbons (Fsp3) is 0.364. The van der Waals surface area contributed by atoms with Crippen LogP contribution in [0.1, 0.15) is 47.9 Å². The molecule has 60 heavy (non-hydrogen) atoms. The molecule has 0 saturated heterocycles. The van der Waals surface area contributed by atoms with Crippen LogP contribution in [0.4, 0.5) is 0 Å². The van der Waals surface area contributed by atoms with Crippen LogP contribution in [0, 0.1) is 23.7 Å². The molecule has 0 unspecified atom stereocenters. The van der Waals surface area contributed by atoms with Crippen molar-refractivity contribution in [2.75, 3.05) is 28.4 Å². The van der Waals surface area contributed by atoms with Gasteiger partial charge in [-0.1, -0.05) is 24.3 Å². The third kappa shape index (κ3) is 14.2. The lowest BCUT2D eigenvalue weighted by atomic mass is 9.80. The number of hydrogen-bond donors (Lipinski definition) is 8. The molecule has 0 fully saturated rings. The van der Waals surface area contributed by atoms with Crippen molar-refractivity contribution in [3.8, 4) is 46.0 Å². The van der Waals surface area contributed by atoms with Crippen LogP contribution in [-0.2, 0) is 63.8 Å². The van der Waals surface area contributed by atoms with E-state index in [9.17, 15) is 60.0 Å². The normalized spacial score (nSPS) is 12.7. The first kappa shape index (κ1) is 47.5. The standard InChI is InChI=1S/2C22H26O8/c2*1-29-21(27)8-5-15(9-13-3-6-17(23)19(25)11-13)16(22(28)30-2)10-14-4-7-18(24)20(26)12-14/h2*3-4,6-7,11-12,15-16,23-26H,5,8-10H2,1-2H3/t2*15-,16-/m10/s1. The summed E-state index contributed by atoms with van der Waals surface area (Å²) in [6.07, 6.45) is 1.87. The van der Waals surface area contributed by atoms with Gasteiger partial charge >= 0.3 is 23.9 Å². The van der Waals surface area contributed by atoms with Crippen LogP contribution in [0.5, 0.6) is 46.0 Å². The lowest BCUT2D eigenvalue weighted by Crippen LogP contribution is -2.29. The highest BCUT2D eigenvalue weighted by molar-refractivity contribution is 5.74. The minimum atomic E-state index is -0.667. The lowest BCUT2D eigenvalue weighted by Gasteiger charge is -2.25. The molecule has 0 heterocycles. The number of carbonyl (C=O) groups is 4. The Morgan fingerprint density at radius 3 is 0.900 bits per heavy atom. The van der Waals surface area contributed by atoms with Crippen molar-refractivity contribution in [1.82, 2.24) is 0 Å². The molecule has 4 rings (SSSR count). The van der Waals surface area contributed by atoms with Crippen LogP contribution < -0.4 is 0 Å². The van der Waals surface area contributed by atoms with Crippen LogP contribution in [0.15, 0.2) is 72.8 Å². The predicted molar refractivity (Wildman–Crippen MR) is 214 cm³/mol. The summed E-state index contributed by atoms with van der Waals surface area (Å²) in [6, 6.07) is 17.4. The summed E-state index contributed by atoms with van der Waals surface area (Å²) in [5.74, 6) is -6.08. The van der Waals surface area contributed by atoms with Crippen LogP contribution in [0.25, 0.3) is 0 Å². The summed E-state index contributed by atoms with van der Waals surface area (Å²) in [4.78, 5) is 48.6. The number of phenolic OH excluding ortho intramolecular Hbond substituents is 8. The molecule has 4 atom stereocenters. The van der Waals surface area contributed by atoms with Crippen LogP contribution >= 0.6 is 0 Å². The van der Waals surface area contributed by atoms with E-state index in [-0.39, 0.29) is 83.5 Å². The minimum absolute atomic E-state index is 0.0829. The van der Waals surface area contributed by atoms with Gasteiger partial charge in [-0.05, 0) is 121 Å². The van der Waals surface area contributed by atoms with Gasteiger partial charge in [0.2, 0.25) is 0 Å². The summed E-state index contributed by atoms with van der Waals surface area (Å²) in [5, 5.41) is 77.2. The quantitative estimate of drug-likeness (QED) is 0.0359. The molecule has 0 amide bonds. The van der Waals surface area contributed by atoms with Crippen molar-refractivity contribution >= 4 is 23.9 Å². The first-order chi connectivity index (χ1) is 28.5. The Morgan fingerprint density at radius 1 is 0.400 bits per heavy atom. The van der Waals surface area contributed by atoms with Crippen molar-refractivity contribution in [3.05, 3.63) is 95.1 Å². The molecule has 4 aromatic carbocycles. The molecule has 8 N–H and O–H groups in total. The Morgan fingerprint density at radius 2 is 0.667 bits per heavy atom. The zero-order chi connectivity index (χ0) is 44.5. The summed E-state index contributed by atoms with van der Waals surface area (Å²) >= 11 is 0. The zero-order valence-corrected chi connectivity index (χ0v) is 33.7. The first-order valence-electron chi connectivity index (χ1n) is 18.8. The predicted octanol–water partition coefficient (Wildman–Crippen LogP) is 5.31. The number of benzene rings is 4. The lowest BCUT2D eigenvalue weighted by molar-refractivity contribution is -0.149. The fourth-order valence-electron chi connectivity index (χ4n) is 6.79. The second-order valence-corrected chi connectivity index (χ2v) is 14.1. The number of aromatic hydroxyl groups is 8. The van der Waals surface area contributed by atoms with Crippen LogP contribution in [0.2, 0.25) is 0 Å². The first-order valence-corrected chi connectivity index (χ1v) is 18.8. The molecule has 0 saturated carbocycles. The van der Waals surface area contributed by atoms with Crippen molar-refractivity contribution in [3.63, 3.8) is 0 Å². The molecule has 0 bridgehead atoms. The fourth-order valence-corrected chi connectivity index (χ4v) is 6.79. The van der Waals surface area contributed by atoms with E-state index in [2.05, 4.69) is 0 Å². The van der Waals surface area contributed by atoms with Crippen molar-refractivity contribution < 1.29 is 79.0 Å². The Kier molecular flexibility index (Phi) is 18.2. The molecule has 0 aliphatic carbocycles. The number of phenols is 8. The van der Waals surface area contributed by atoms with E-state index >= 15 is 0 Å². The van der Waals surface area contributed by atoms with Gasteiger partial charge in [0.1, 0.15) is 0 Å². The molecule has 0 aliphatic rings. The van der Waals surface area contributed by atoms with E-state index < -0.39 is 35.7 Å². The van der Waals surface area contributed by atoms with E-state index in [0.29, 0.717) is 47.9 Å².